The number of fused-ring (bicyclic) bond motifs is 3. The molecule has 1 aliphatic carbocycles. The molecule has 0 unspecified atom stereocenters. The Morgan fingerprint density at radius 3 is 2.59 bits per heavy atom. The van der Waals surface area contributed by atoms with E-state index < -0.39 is 0 Å². The summed E-state index contributed by atoms with van der Waals surface area (Å²) < 4.78 is 1.93. The number of benzene rings is 1. The van der Waals surface area contributed by atoms with Crippen molar-refractivity contribution in [3.8, 4) is 0 Å². The average molecular weight is 453 g/mol. The topological polar surface area (TPSA) is 72.0 Å². The van der Waals surface area contributed by atoms with Crippen LogP contribution in [0.15, 0.2) is 61.7 Å². The number of nitrogens with one attached hydrogen (secondary N) is 1. The Labute approximate surface area is 195 Å². The average Bonchev–Trinajstić information content (AvgIpc) is 3.23. The number of anilines is 1. The van der Waals surface area contributed by atoms with Gasteiger partial charge in [0.1, 0.15) is 5.82 Å². The highest BCUT2D eigenvalue weighted by Gasteiger charge is 2.50. The van der Waals surface area contributed by atoms with E-state index in [1.807, 2.05) is 35.3 Å². The van der Waals surface area contributed by atoms with Crippen LogP contribution in [-0.2, 0) is 12.0 Å². The lowest BCUT2D eigenvalue weighted by atomic mass is 9.64. The van der Waals surface area contributed by atoms with Crippen LogP contribution in [0.3, 0.4) is 0 Å². The molecule has 3 N–H and O–H groups in total. The lowest BCUT2D eigenvalue weighted by molar-refractivity contribution is 0.301. The zero-order valence-electron chi connectivity index (χ0n) is 19.2. The number of imidazole rings is 1. The Kier molecular flexibility index (Phi) is 7.59. The van der Waals surface area contributed by atoms with Gasteiger partial charge >= 0.3 is 0 Å². The first-order chi connectivity index (χ1) is 15.6. The second-order valence-electron chi connectivity index (χ2n) is 7.90. The van der Waals surface area contributed by atoms with Crippen LogP contribution in [0.5, 0.6) is 0 Å². The van der Waals surface area contributed by atoms with E-state index in [4.69, 9.17) is 16.6 Å². The second kappa shape index (κ2) is 10.2. The van der Waals surface area contributed by atoms with Gasteiger partial charge in [0.05, 0.1) is 29.5 Å². The molecule has 3 heterocycles. The minimum Gasteiger partial charge on any atom is -0.336 e. The third kappa shape index (κ3) is 4.00. The highest BCUT2D eigenvalue weighted by molar-refractivity contribution is 6.31. The van der Waals surface area contributed by atoms with Crippen molar-refractivity contribution in [2.75, 3.05) is 17.4 Å². The molecule has 5 rings (SSSR count). The van der Waals surface area contributed by atoms with E-state index in [0.717, 1.165) is 41.1 Å². The molecule has 0 bridgehead atoms. The number of allylic oxidation sites excluding steroid dienone is 1. The normalized spacial score (nSPS) is 15.3. The first-order valence-corrected chi connectivity index (χ1v) is 11.5. The second-order valence-corrected chi connectivity index (χ2v) is 8.33. The Balaban J connectivity index is 0.000000536. The summed E-state index contributed by atoms with van der Waals surface area (Å²) in [4.78, 5) is 11.4. The predicted molar refractivity (Wildman–Crippen MR) is 135 cm³/mol. The van der Waals surface area contributed by atoms with Crippen molar-refractivity contribution in [2.24, 2.45) is 5.73 Å². The number of nitrogens with two attached hydrogens (primary N) is 1. The number of aromatic nitrogens is 3. The van der Waals surface area contributed by atoms with E-state index in [0.29, 0.717) is 11.6 Å². The van der Waals surface area contributed by atoms with Gasteiger partial charge in [0.25, 0.3) is 0 Å². The van der Waals surface area contributed by atoms with Gasteiger partial charge in [-0.3, -0.25) is 4.98 Å². The maximum atomic E-state index is 6.20. The molecule has 1 fully saturated rings. The predicted octanol–water partition coefficient (Wildman–Crippen LogP) is 5.72. The highest BCUT2D eigenvalue weighted by atomic mass is 35.5. The van der Waals surface area contributed by atoms with Crippen LogP contribution in [0.25, 0.3) is 11.0 Å². The minimum atomic E-state index is 0.0737. The first-order valence-electron chi connectivity index (χ1n) is 11.1. The molecule has 0 radical (unpaired) electrons. The van der Waals surface area contributed by atoms with Gasteiger partial charge in [-0.25, -0.2) is 9.66 Å². The van der Waals surface area contributed by atoms with Crippen molar-refractivity contribution < 1.29 is 0 Å². The van der Waals surface area contributed by atoms with Crippen molar-refractivity contribution in [1.82, 2.24) is 14.6 Å². The monoisotopic (exact) mass is 452 g/mol. The maximum Gasteiger partial charge on any atom is 0.148 e. The number of hydrogen-bond acceptors (Lipinski definition) is 5. The van der Waals surface area contributed by atoms with E-state index in [9.17, 15) is 0 Å². The molecular formula is C25H33ClN6. The van der Waals surface area contributed by atoms with Crippen LogP contribution in [0, 0.1) is 0 Å². The number of pyridine rings is 1. The summed E-state index contributed by atoms with van der Waals surface area (Å²) in [5.74, 6) is 0.875. The molecule has 7 heteroatoms. The molecule has 1 aromatic carbocycles. The van der Waals surface area contributed by atoms with Crippen LogP contribution in [0.2, 0.25) is 5.02 Å². The lowest BCUT2D eigenvalue weighted by Gasteiger charge is -2.40. The zero-order chi connectivity index (χ0) is 23.3. The van der Waals surface area contributed by atoms with Gasteiger partial charge in [-0.1, -0.05) is 51.4 Å². The third-order valence-corrected chi connectivity index (χ3v) is 6.13. The van der Waals surface area contributed by atoms with Gasteiger partial charge in [-0.15, -0.1) is 0 Å². The molecule has 170 valence electrons. The van der Waals surface area contributed by atoms with Gasteiger partial charge in [0, 0.05) is 28.5 Å². The highest BCUT2D eigenvalue weighted by Crippen LogP contribution is 2.57. The SMILES string of the molecule is C=CNn1c(CN2C(=C)C3(CCC3)c3ccncc32)nc2ccc(Cl)cc21.CCC.CN. The summed E-state index contributed by atoms with van der Waals surface area (Å²) in [7, 11) is 1.50. The molecule has 6 nitrogen and oxygen atoms in total. The van der Waals surface area contributed by atoms with Gasteiger partial charge in [0.15, 0.2) is 0 Å². The summed E-state index contributed by atoms with van der Waals surface area (Å²) >= 11 is 6.20. The van der Waals surface area contributed by atoms with Crippen LogP contribution in [-0.4, -0.2) is 21.7 Å². The minimum absolute atomic E-state index is 0.0737. The summed E-state index contributed by atoms with van der Waals surface area (Å²) in [5, 5.41) is 0.676. The molecule has 1 aliphatic heterocycles. The van der Waals surface area contributed by atoms with Crippen LogP contribution in [0.4, 0.5) is 5.69 Å². The number of nitrogens with zero attached hydrogens (tertiary/aromatic N) is 4. The van der Waals surface area contributed by atoms with Crippen LogP contribution < -0.4 is 16.1 Å². The Morgan fingerprint density at radius 2 is 1.97 bits per heavy atom. The smallest absolute Gasteiger partial charge is 0.148 e. The molecule has 32 heavy (non-hydrogen) atoms. The van der Waals surface area contributed by atoms with Gasteiger partial charge in [-0.05, 0) is 49.7 Å². The fraction of sp³-hybridized carbons (Fsp3) is 0.360. The quantitative estimate of drug-likeness (QED) is 0.529. The zero-order valence-corrected chi connectivity index (χ0v) is 20.0. The number of hydrogen-bond donors (Lipinski definition) is 2. The standard InChI is InChI=1S/C21H20ClN5.C3H8.CH5N/c1-3-24-27-18-11-15(22)5-6-17(18)25-20(27)13-26-14(2)21(8-4-9-21)16-7-10-23-12-19(16)26;1-3-2;1-2/h3,5-7,10-12,24H,1-2,4,8-9,13H2;3H2,1-2H3;2H2,1H3. The van der Waals surface area contributed by atoms with Crippen LogP contribution >= 0.6 is 11.6 Å². The van der Waals surface area contributed by atoms with Gasteiger partial charge in [0.2, 0.25) is 0 Å². The van der Waals surface area contributed by atoms with Crippen molar-refractivity contribution in [3.05, 3.63) is 78.1 Å². The summed E-state index contributed by atoms with van der Waals surface area (Å²) in [6.07, 6.45) is 10.3. The van der Waals surface area contributed by atoms with Gasteiger partial charge in [-0.2, -0.15) is 0 Å². The van der Waals surface area contributed by atoms with E-state index >= 15 is 0 Å². The van der Waals surface area contributed by atoms with Crippen molar-refractivity contribution in [3.63, 3.8) is 0 Å². The third-order valence-electron chi connectivity index (χ3n) is 5.90. The number of rotatable bonds is 4. The molecule has 3 aromatic rings. The van der Waals surface area contributed by atoms with Gasteiger partial charge < -0.3 is 16.1 Å². The van der Waals surface area contributed by atoms with Crippen molar-refractivity contribution in [1.29, 1.82) is 0 Å². The van der Waals surface area contributed by atoms with Crippen molar-refractivity contribution >= 4 is 28.3 Å². The molecule has 1 spiro atoms. The summed E-state index contributed by atoms with van der Waals surface area (Å²) in [6, 6.07) is 7.84. The van der Waals surface area contributed by atoms with E-state index in [-0.39, 0.29) is 5.41 Å². The fourth-order valence-corrected chi connectivity index (χ4v) is 4.58. The molecule has 2 aromatic heterocycles. The fourth-order valence-electron chi connectivity index (χ4n) is 4.42. The molecule has 2 aliphatic rings. The maximum absolute atomic E-state index is 6.20. The van der Waals surface area contributed by atoms with E-state index in [1.54, 1.807) is 6.20 Å². The molecular weight excluding hydrogens is 420 g/mol. The van der Waals surface area contributed by atoms with E-state index in [1.165, 1.54) is 25.5 Å². The Hall–Kier alpha value is -2.83. The van der Waals surface area contributed by atoms with Crippen LogP contribution in [0.1, 0.15) is 50.9 Å². The Morgan fingerprint density at radius 1 is 1.25 bits per heavy atom. The lowest BCUT2D eigenvalue weighted by Crippen LogP contribution is -2.37. The molecule has 1 saturated carbocycles. The summed E-state index contributed by atoms with van der Waals surface area (Å²) in [6.45, 7) is 13.1. The van der Waals surface area contributed by atoms with Crippen molar-refractivity contribution in [2.45, 2.75) is 51.5 Å². The summed E-state index contributed by atoms with van der Waals surface area (Å²) in [5.41, 5.74) is 13.2. The number of halogens is 1. The Bertz CT molecular complexity index is 1100. The molecule has 0 amide bonds. The molecule has 0 saturated heterocycles. The van der Waals surface area contributed by atoms with E-state index in [2.05, 4.69) is 54.1 Å². The first kappa shape index (κ1) is 23.8. The largest absolute Gasteiger partial charge is 0.336 e. The molecule has 0 atom stereocenters.